The number of halogens is 1. The lowest BCUT2D eigenvalue weighted by Gasteiger charge is -2.13. The average Bonchev–Trinajstić information content (AvgIpc) is 3.70. The first-order chi connectivity index (χ1) is 25.2. The smallest absolute Gasteiger partial charge is 0.0547 e. The Kier molecular flexibility index (Phi) is 7.00. The molecule has 0 aliphatic heterocycles. The van der Waals surface area contributed by atoms with E-state index in [2.05, 4.69) is 213 Å². The zero-order valence-electron chi connectivity index (χ0n) is 27.7. The topological polar surface area (TPSA) is 9.86 Å². The lowest BCUT2D eigenvalue weighted by atomic mass is 9.92. The molecule has 0 amide bonds. The number of rotatable bonds is 5. The molecule has 51 heavy (non-hydrogen) atoms. The average molecular weight is 716 g/mol. The number of para-hydroxylation sites is 4. The van der Waals surface area contributed by atoms with Crippen molar-refractivity contribution in [3.05, 3.63) is 193 Å². The molecule has 0 atom stereocenters. The first-order valence-corrected chi connectivity index (χ1v) is 18.1. The van der Waals surface area contributed by atoms with E-state index in [1.807, 2.05) is 0 Å². The third-order valence-electron chi connectivity index (χ3n) is 10.1. The summed E-state index contributed by atoms with van der Waals surface area (Å²) in [6.07, 6.45) is 0. The summed E-state index contributed by atoms with van der Waals surface area (Å²) in [7, 11) is 0. The van der Waals surface area contributed by atoms with Crippen molar-refractivity contribution in [3.63, 3.8) is 0 Å². The molecule has 2 heterocycles. The van der Waals surface area contributed by atoms with E-state index in [0.717, 1.165) is 10.2 Å². The van der Waals surface area contributed by atoms with Crippen LogP contribution in [0.15, 0.2) is 193 Å². The Morgan fingerprint density at radius 2 is 0.745 bits per heavy atom. The number of hydrogen-bond acceptors (Lipinski definition) is 0. The van der Waals surface area contributed by atoms with Crippen molar-refractivity contribution in [1.29, 1.82) is 0 Å². The van der Waals surface area contributed by atoms with Crippen molar-refractivity contribution in [2.45, 2.75) is 0 Å². The van der Waals surface area contributed by atoms with Gasteiger partial charge in [-0.2, -0.15) is 0 Å². The largest absolute Gasteiger partial charge is 0.309 e. The molecular weight excluding hydrogens is 684 g/mol. The summed E-state index contributed by atoms with van der Waals surface area (Å²) in [6, 6.07) is 68.3. The first-order valence-electron chi connectivity index (χ1n) is 17.3. The standard InChI is InChI=1S/C48H31BrN2/c49-38-13-11-12-32(29-38)35-26-36(33-23-25-47-44(30-33)42-19-8-10-21-46(42)50(47)39-14-3-1-4-15-39)28-37(27-35)34-22-24-43-41-18-7-9-20-45(41)51(48(43)31-34)40-16-5-2-6-17-40/h1-31H. The number of nitrogens with zero attached hydrogens (tertiary/aromatic N) is 2. The Balaban J connectivity index is 1.20. The summed E-state index contributed by atoms with van der Waals surface area (Å²) in [4.78, 5) is 0. The minimum Gasteiger partial charge on any atom is -0.309 e. The van der Waals surface area contributed by atoms with E-state index in [-0.39, 0.29) is 0 Å². The highest BCUT2D eigenvalue weighted by molar-refractivity contribution is 9.10. The van der Waals surface area contributed by atoms with Crippen LogP contribution in [0.3, 0.4) is 0 Å². The van der Waals surface area contributed by atoms with Crippen molar-refractivity contribution < 1.29 is 0 Å². The third-order valence-corrected chi connectivity index (χ3v) is 10.6. The first kappa shape index (κ1) is 29.7. The second-order valence-corrected chi connectivity index (χ2v) is 14.1. The van der Waals surface area contributed by atoms with Gasteiger partial charge in [0, 0.05) is 37.4 Å². The van der Waals surface area contributed by atoms with Crippen molar-refractivity contribution in [2.24, 2.45) is 0 Å². The second-order valence-electron chi connectivity index (χ2n) is 13.1. The molecule has 0 radical (unpaired) electrons. The van der Waals surface area contributed by atoms with Gasteiger partial charge < -0.3 is 9.13 Å². The Morgan fingerprint density at radius 1 is 0.275 bits per heavy atom. The van der Waals surface area contributed by atoms with Crippen LogP contribution in [0.1, 0.15) is 0 Å². The van der Waals surface area contributed by atoms with Crippen molar-refractivity contribution in [1.82, 2.24) is 9.13 Å². The summed E-state index contributed by atoms with van der Waals surface area (Å²) in [5.74, 6) is 0. The molecule has 0 unspecified atom stereocenters. The van der Waals surface area contributed by atoms with Crippen LogP contribution < -0.4 is 0 Å². The molecule has 240 valence electrons. The van der Waals surface area contributed by atoms with E-state index >= 15 is 0 Å². The van der Waals surface area contributed by atoms with Gasteiger partial charge >= 0.3 is 0 Å². The molecule has 0 aliphatic carbocycles. The lowest BCUT2D eigenvalue weighted by Crippen LogP contribution is -1.93. The Labute approximate surface area is 304 Å². The molecule has 0 saturated heterocycles. The van der Waals surface area contributed by atoms with Gasteiger partial charge in [0.1, 0.15) is 0 Å². The predicted octanol–water partition coefficient (Wildman–Crippen LogP) is 13.6. The van der Waals surface area contributed by atoms with Crippen LogP contribution in [0.25, 0.3) is 88.4 Å². The van der Waals surface area contributed by atoms with Crippen LogP contribution in [0.2, 0.25) is 0 Å². The highest BCUT2D eigenvalue weighted by atomic mass is 79.9. The molecule has 8 aromatic carbocycles. The summed E-state index contributed by atoms with van der Waals surface area (Å²) in [5, 5.41) is 5.01. The fraction of sp³-hybridized carbons (Fsp3) is 0. The Bertz CT molecular complexity index is 2920. The van der Waals surface area contributed by atoms with Gasteiger partial charge in [0.2, 0.25) is 0 Å². The van der Waals surface area contributed by atoms with Crippen LogP contribution in [0, 0.1) is 0 Å². The van der Waals surface area contributed by atoms with Gasteiger partial charge in [-0.05, 0) is 118 Å². The number of aromatic nitrogens is 2. The SMILES string of the molecule is Brc1cccc(-c2cc(-c3ccc4c(c3)c3ccccc3n4-c3ccccc3)cc(-c3ccc4c5ccccc5n(-c5ccccc5)c4c3)c2)c1. The van der Waals surface area contributed by atoms with Gasteiger partial charge in [0.05, 0.1) is 22.1 Å². The van der Waals surface area contributed by atoms with Crippen molar-refractivity contribution >= 4 is 59.5 Å². The zero-order chi connectivity index (χ0) is 33.9. The van der Waals surface area contributed by atoms with Gasteiger partial charge in [-0.1, -0.05) is 119 Å². The summed E-state index contributed by atoms with van der Waals surface area (Å²) in [6.45, 7) is 0. The van der Waals surface area contributed by atoms with Gasteiger partial charge in [-0.3, -0.25) is 0 Å². The predicted molar refractivity (Wildman–Crippen MR) is 219 cm³/mol. The molecule has 10 aromatic rings. The monoisotopic (exact) mass is 714 g/mol. The second kappa shape index (κ2) is 12.0. The molecule has 0 N–H and O–H groups in total. The van der Waals surface area contributed by atoms with Gasteiger partial charge in [0.25, 0.3) is 0 Å². The quantitative estimate of drug-likeness (QED) is 0.168. The minimum absolute atomic E-state index is 1.07. The van der Waals surface area contributed by atoms with E-state index in [0.29, 0.717) is 0 Å². The van der Waals surface area contributed by atoms with E-state index in [1.165, 1.54) is 82.7 Å². The Morgan fingerprint density at radius 3 is 1.37 bits per heavy atom. The van der Waals surface area contributed by atoms with Crippen LogP contribution in [-0.2, 0) is 0 Å². The molecule has 3 heteroatoms. The fourth-order valence-electron chi connectivity index (χ4n) is 7.81. The molecular formula is C48H31BrN2. The molecule has 2 nitrogen and oxygen atoms in total. The number of benzene rings is 8. The molecule has 0 aliphatic rings. The summed E-state index contributed by atoms with van der Waals surface area (Å²) in [5.41, 5.74) is 14.2. The maximum atomic E-state index is 3.73. The van der Waals surface area contributed by atoms with Gasteiger partial charge in [-0.25, -0.2) is 0 Å². The fourth-order valence-corrected chi connectivity index (χ4v) is 8.21. The normalized spacial score (nSPS) is 11.6. The van der Waals surface area contributed by atoms with Crippen molar-refractivity contribution in [2.75, 3.05) is 0 Å². The minimum atomic E-state index is 1.07. The molecule has 2 aromatic heterocycles. The van der Waals surface area contributed by atoms with E-state index in [9.17, 15) is 0 Å². The maximum Gasteiger partial charge on any atom is 0.0547 e. The highest BCUT2D eigenvalue weighted by Crippen LogP contribution is 2.40. The summed E-state index contributed by atoms with van der Waals surface area (Å²) < 4.78 is 5.83. The van der Waals surface area contributed by atoms with E-state index in [1.54, 1.807) is 0 Å². The van der Waals surface area contributed by atoms with Crippen molar-refractivity contribution in [3.8, 4) is 44.8 Å². The highest BCUT2D eigenvalue weighted by Gasteiger charge is 2.16. The van der Waals surface area contributed by atoms with Crippen LogP contribution >= 0.6 is 15.9 Å². The number of hydrogen-bond donors (Lipinski definition) is 0. The van der Waals surface area contributed by atoms with Crippen LogP contribution in [0.5, 0.6) is 0 Å². The van der Waals surface area contributed by atoms with Crippen LogP contribution in [0.4, 0.5) is 0 Å². The molecule has 0 bridgehead atoms. The Hall–Kier alpha value is -6.16. The lowest BCUT2D eigenvalue weighted by molar-refractivity contribution is 1.18. The van der Waals surface area contributed by atoms with Gasteiger partial charge in [-0.15, -0.1) is 0 Å². The molecule has 0 spiro atoms. The molecule has 10 rings (SSSR count). The summed E-state index contributed by atoms with van der Waals surface area (Å²) >= 11 is 3.73. The van der Waals surface area contributed by atoms with E-state index in [4.69, 9.17) is 0 Å². The van der Waals surface area contributed by atoms with Gasteiger partial charge in [0.15, 0.2) is 0 Å². The zero-order valence-corrected chi connectivity index (χ0v) is 29.3. The molecule has 0 saturated carbocycles. The van der Waals surface area contributed by atoms with E-state index < -0.39 is 0 Å². The molecule has 0 fully saturated rings. The van der Waals surface area contributed by atoms with Crippen LogP contribution in [-0.4, -0.2) is 9.13 Å². The maximum absolute atomic E-state index is 3.73. The number of fused-ring (bicyclic) bond motifs is 6. The third kappa shape index (κ3) is 5.00.